The number of amides is 2. The van der Waals surface area contributed by atoms with E-state index >= 15 is 0 Å². The summed E-state index contributed by atoms with van der Waals surface area (Å²) in [6.45, 7) is 4.15. The molecule has 28 heavy (non-hydrogen) atoms. The van der Waals surface area contributed by atoms with Gasteiger partial charge in [-0.1, -0.05) is 42.5 Å². The van der Waals surface area contributed by atoms with Crippen LogP contribution in [0.1, 0.15) is 11.1 Å². The lowest BCUT2D eigenvalue weighted by Crippen LogP contribution is -2.27. The van der Waals surface area contributed by atoms with E-state index in [0.717, 1.165) is 28.2 Å². The maximum absolute atomic E-state index is 14.1. The van der Waals surface area contributed by atoms with Crippen molar-refractivity contribution in [1.82, 2.24) is 9.47 Å². The first-order valence-corrected chi connectivity index (χ1v) is 9.57. The van der Waals surface area contributed by atoms with Crippen LogP contribution in [0.4, 0.5) is 9.18 Å². The number of halogens is 1. The zero-order valence-corrected chi connectivity index (χ0v) is 15.8. The van der Waals surface area contributed by atoms with E-state index in [-0.39, 0.29) is 23.5 Å². The Hall–Kier alpha value is -3.12. The van der Waals surface area contributed by atoms with E-state index in [2.05, 4.69) is 6.58 Å². The van der Waals surface area contributed by atoms with E-state index in [4.69, 9.17) is 0 Å². The number of para-hydroxylation sites is 1. The SMILES string of the molecule is C=CCN1C(=O)S/C(=C\c2cn(Cc3ccccc3F)c3ccccc23)C1=O. The van der Waals surface area contributed by atoms with Crippen molar-refractivity contribution in [2.75, 3.05) is 6.54 Å². The molecule has 4 rings (SSSR count). The number of thioether (sulfide) groups is 1. The fourth-order valence-electron chi connectivity index (χ4n) is 3.26. The maximum Gasteiger partial charge on any atom is 0.293 e. The van der Waals surface area contributed by atoms with Crippen LogP contribution in [0, 0.1) is 5.82 Å². The number of carbonyl (C=O) groups is 2. The van der Waals surface area contributed by atoms with Gasteiger partial charge >= 0.3 is 0 Å². The molecule has 0 spiro atoms. The second kappa shape index (κ2) is 7.48. The van der Waals surface area contributed by atoms with Crippen molar-refractivity contribution >= 4 is 39.9 Å². The lowest BCUT2D eigenvalue weighted by molar-refractivity contribution is -0.122. The zero-order chi connectivity index (χ0) is 19.7. The lowest BCUT2D eigenvalue weighted by atomic mass is 10.1. The predicted molar refractivity (Wildman–Crippen MR) is 110 cm³/mol. The fraction of sp³-hybridized carbons (Fsp3) is 0.0909. The first-order valence-electron chi connectivity index (χ1n) is 8.76. The number of fused-ring (bicyclic) bond motifs is 1. The van der Waals surface area contributed by atoms with Gasteiger partial charge in [-0.15, -0.1) is 6.58 Å². The lowest BCUT2D eigenvalue weighted by Gasteiger charge is -2.07. The summed E-state index contributed by atoms with van der Waals surface area (Å²) in [5.41, 5.74) is 2.33. The third-order valence-corrected chi connectivity index (χ3v) is 5.50. The van der Waals surface area contributed by atoms with Gasteiger partial charge in [0.05, 0.1) is 11.4 Å². The maximum atomic E-state index is 14.1. The highest BCUT2D eigenvalue weighted by Crippen LogP contribution is 2.34. The first-order chi connectivity index (χ1) is 13.6. The largest absolute Gasteiger partial charge is 0.342 e. The normalized spacial score (nSPS) is 15.8. The highest BCUT2D eigenvalue weighted by atomic mass is 32.2. The predicted octanol–water partition coefficient (Wildman–Crippen LogP) is 5.05. The van der Waals surface area contributed by atoms with Crippen molar-refractivity contribution in [3.8, 4) is 0 Å². The second-order valence-corrected chi connectivity index (χ2v) is 7.40. The number of hydrogen-bond donors (Lipinski definition) is 0. The van der Waals surface area contributed by atoms with E-state index in [1.165, 1.54) is 17.0 Å². The quantitative estimate of drug-likeness (QED) is 0.451. The summed E-state index contributed by atoms with van der Waals surface area (Å²) in [4.78, 5) is 26.1. The Bertz CT molecular complexity index is 1130. The number of nitrogens with zero attached hydrogens (tertiary/aromatic N) is 2. The summed E-state index contributed by atoms with van der Waals surface area (Å²) >= 11 is 0.922. The fourth-order valence-corrected chi connectivity index (χ4v) is 4.10. The van der Waals surface area contributed by atoms with Crippen molar-refractivity contribution in [2.24, 2.45) is 0 Å². The summed E-state index contributed by atoms with van der Waals surface area (Å²) in [7, 11) is 0. The number of carbonyl (C=O) groups excluding carboxylic acids is 2. The number of rotatable bonds is 5. The van der Waals surface area contributed by atoms with E-state index in [9.17, 15) is 14.0 Å². The Morgan fingerprint density at radius 3 is 2.61 bits per heavy atom. The van der Waals surface area contributed by atoms with Crippen LogP contribution < -0.4 is 0 Å². The topological polar surface area (TPSA) is 42.3 Å². The van der Waals surface area contributed by atoms with Gasteiger partial charge < -0.3 is 4.57 Å². The average molecular weight is 392 g/mol. The van der Waals surface area contributed by atoms with E-state index in [1.807, 2.05) is 35.0 Å². The molecule has 1 aromatic heterocycles. The third-order valence-electron chi connectivity index (χ3n) is 4.59. The molecule has 140 valence electrons. The molecule has 0 bridgehead atoms. The molecule has 3 aromatic rings. The third kappa shape index (κ3) is 3.27. The zero-order valence-electron chi connectivity index (χ0n) is 15.0. The van der Waals surface area contributed by atoms with Gasteiger partial charge in [-0.25, -0.2) is 4.39 Å². The Morgan fingerprint density at radius 1 is 1.07 bits per heavy atom. The van der Waals surface area contributed by atoms with Crippen molar-refractivity contribution in [1.29, 1.82) is 0 Å². The van der Waals surface area contributed by atoms with Crippen LogP contribution >= 0.6 is 11.8 Å². The molecular weight excluding hydrogens is 375 g/mol. The minimum absolute atomic E-state index is 0.192. The number of imide groups is 1. The summed E-state index contributed by atoms with van der Waals surface area (Å²) < 4.78 is 16.0. The standard InChI is InChI=1S/C22H17FN2O2S/c1-2-11-25-21(26)20(28-22(25)27)12-16-14-24(19-10-6-4-8-17(16)19)13-15-7-3-5-9-18(15)23/h2-10,12,14H,1,11,13H2/b20-12-. The molecule has 2 heterocycles. The first kappa shape index (κ1) is 18.3. The highest BCUT2D eigenvalue weighted by Gasteiger charge is 2.34. The van der Waals surface area contributed by atoms with Gasteiger partial charge in [0, 0.05) is 34.8 Å². The van der Waals surface area contributed by atoms with Crippen molar-refractivity contribution in [3.05, 3.63) is 89.2 Å². The van der Waals surface area contributed by atoms with Crippen LogP contribution in [0.5, 0.6) is 0 Å². The Labute approximate surface area is 165 Å². The van der Waals surface area contributed by atoms with Gasteiger partial charge in [0.1, 0.15) is 5.82 Å². The highest BCUT2D eigenvalue weighted by molar-refractivity contribution is 8.18. The van der Waals surface area contributed by atoms with Crippen LogP contribution in [0.2, 0.25) is 0 Å². The molecule has 1 aliphatic rings. The molecule has 0 atom stereocenters. The number of benzene rings is 2. The summed E-state index contributed by atoms with van der Waals surface area (Å²) in [5, 5.41) is 0.639. The number of aromatic nitrogens is 1. The van der Waals surface area contributed by atoms with Crippen LogP contribution in [-0.2, 0) is 11.3 Å². The average Bonchev–Trinajstić information content (AvgIpc) is 3.17. The van der Waals surface area contributed by atoms with E-state index < -0.39 is 0 Å². The van der Waals surface area contributed by atoms with Gasteiger partial charge in [-0.05, 0) is 30.0 Å². The van der Waals surface area contributed by atoms with Gasteiger partial charge in [-0.2, -0.15) is 0 Å². The molecule has 4 nitrogen and oxygen atoms in total. The molecule has 0 radical (unpaired) electrons. The van der Waals surface area contributed by atoms with E-state index in [1.54, 1.807) is 24.3 Å². The molecule has 6 heteroatoms. The smallest absolute Gasteiger partial charge is 0.293 e. The van der Waals surface area contributed by atoms with Crippen LogP contribution in [-0.4, -0.2) is 27.2 Å². The minimum Gasteiger partial charge on any atom is -0.342 e. The molecule has 2 aromatic carbocycles. The Morgan fingerprint density at radius 2 is 1.82 bits per heavy atom. The molecule has 0 saturated carbocycles. The van der Waals surface area contributed by atoms with Crippen molar-refractivity contribution < 1.29 is 14.0 Å². The van der Waals surface area contributed by atoms with Crippen LogP contribution in [0.25, 0.3) is 17.0 Å². The van der Waals surface area contributed by atoms with Crippen LogP contribution in [0.15, 0.2) is 72.3 Å². The molecular formula is C22H17FN2O2S. The van der Waals surface area contributed by atoms with Gasteiger partial charge in [-0.3, -0.25) is 14.5 Å². The van der Waals surface area contributed by atoms with E-state index in [0.29, 0.717) is 17.0 Å². The van der Waals surface area contributed by atoms with Gasteiger partial charge in [0.25, 0.3) is 11.1 Å². The summed E-state index contributed by atoms with van der Waals surface area (Å²) in [6, 6.07) is 14.4. The van der Waals surface area contributed by atoms with Crippen molar-refractivity contribution in [2.45, 2.75) is 6.54 Å². The molecule has 2 amide bonds. The monoisotopic (exact) mass is 392 g/mol. The summed E-state index contributed by atoms with van der Waals surface area (Å²) in [6.07, 6.45) is 5.15. The molecule has 1 fully saturated rings. The molecule has 0 aliphatic carbocycles. The summed E-state index contributed by atoms with van der Waals surface area (Å²) in [5.74, 6) is -0.576. The molecule has 0 N–H and O–H groups in total. The Kier molecular flexibility index (Phi) is 4.88. The molecule has 1 saturated heterocycles. The van der Waals surface area contributed by atoms with Gasteiger partial charge in [0.2, 0.25) is 0 Å². The minimum atomic E-state index is -0.319. The van der Waals surface area contributed by atoms with Gasteiger partial charge in [0.15, 0.2) is 0 Å². The molecule has 0 unspecified atom stereocenters. The Balaban J connectivity index is 1.75. The van der Waals surface area contributed by atoms with Crippen LogP contribution in [0.3, 0.4) is 0 Å². The molecule has 1 aliphatic heterocycles. The van der Waals surface area contributed by atoms with Crippen molar-refractivity contribution in [3.63, 3.8) is 0 Å². The number of hydrogen-bond acceptors (Lipinski definition) is 3. The second-order valence-electron chi connectivity index (χ2n) is 6.40.